The number of nitrogens with zero attached hydrogens (tertiary/aromatic N) is 3. The Kier molecular flexibility index (Phi) is 7.68. The highest BCUT2D eigenvalue weighted by atomic mass is 35.5. The van der Waals surface area contributed by atoms with E-state index in [1.807, 2.05) is 0 Å². The van der Waals surface area contributed by atoms with Gasteiger partial charge in [-0.2, -0.15) is 9.36 Å². The van der Waals surface area contributed by atoms with Crippen molar-refractivity contribution in [3.05, 3.63) is 33.4 Å². The lowest BCUT2D eigenvalue weighted by atomic mass is 10.1. The molecule has 0 bridgehead atoms. The molecule has 0 radical (unpaired) electrons. The van der Waals surface area contributed by atoms with Crippen LogP contribution < -0.4 is 16.0 Å². The second-order valence-corrected chi connectivity index (χ2v) is 9.40. The van der Waals surface area contributed by atoms with E-state index in [0.717, 1.165) is 22.9 Å². The third-order valence-corrected chi connectivity index (χ3v) is 6.40. The second kappa shape index (κ2) is 10.3. The van der Waals surface area contributed by atoms with Gasteiger partial charge < -0.3 is 31.3 Å². The number of pyridine rings is 1. The lowest BCUT2D eigenvalue weighted by Crippen LogP contribution is -2.34. The number of carbonyl (C=O) groups excluding carboxylic acids is 1. The highest BCUT2D eigenvalue weighted by molar-refractivity contribution is 7.18. The monoisotopic (exact) mass is 511 g/mol. The Morgan fingerprint density at radius 1 is 1.30 bits per heavy atom. The number of halogens is 1. The molecule has 0 saturated heterocycles. The summed E-state index contributed by atoms with van der Waals surface area (Å²) in [4.78, 5) is 20.6. The van der Waals surface area contributed by atoms with Crippen molar-refractivity contribution in [1.29, 1.82) is 5.41 Å². The first-order valence-corrected chi connectivity index (χ1v) is 11.6. The topological polar surface area (TPSA) is 176 Å². The van der Waals surface area contributed by atoms with Crippen molar-refractivity contribution >= 4 is 62.0 Å². The van der Waals surface area contributed by atoms with Crippen molar-refractivity contribution in [2.75, 3.05) is 10.6 Å². The Bertz CT molecular complexity index is 1160. The fourth-order valence-electron chi connectivity index (χ4n) is 2.95. The van der Waals surface area contributed by atoms with Gasteiger partial charge in [0.1, 0.15) is 16.4 Å². The van der Waals surface area contributed by atoms with Crippen LogP contribution in [-0.4, -0.2) is 53.5 Å². The standard InChI is InChI=1S/C19H22ClN7O4S2/c1-7(6-8(2)28)23-14(21)11-15(29)27-33-18(11)26-19-25-17(31)13(32-19)16(30)24-12-9(3)22-5-4-10(12)20/h4-5,7-8,28,31H,6H2,1-3H3,(H2,21,23)(H,24,30)(H,25,26)(H,27,29). The molecule has 3 aromatic rings. The summed E-state index contributed by atoms with van der Waals surface area (Å²) in [6.45, 7) is 5.12. The minimum absolute atomic E-state index is 0.0640. The number of aliphatic hydroxyl groups excluding tert-OH is 1. The van der Waals surface area contributed by atoms with Gasteiger partial charge in [0.05, 0.1) is 22.5 Å². The summed E-state index contributed by atoms with van der Waals surface area (Å²) in [5, 5.41) is 47.2. The Morgan fingerprint density at radius 3 is 2.70 bits per heavy atom. The van der Waals surface area contributed by atoms with Gasteiger partial charge in [-0.05, 0) is 44.8 Å². The van der Waals surface area contributed by atoms with Crippen LogP contribution in [0.1, 0.15) is 41.2 Å². The summed E-state index contributed by atoms with van der Waals surface area (Å²) in [5.74, 6) is -1.57. The second-order valence-electron chi connectivity index (χ2n) is 7.22. The first-order valence-electron chi connectivity index (χ1n) is 9.68. The summed E-state index contributed by atoms with van der Waals surface area (Å²) in [7, 11) is 0. The van der Waals surface area contributed by atoms with Gasteiger partial charge in [0.15, 0.2) is 10.0 Å². The largest absolute Gasteiger partial charge is 0.492 e. The number of thiazole rings is 1. The summed E-state index contributed by atoms with van der Waals surface area (Å²) in [5.41, 5.74) is 0.946. The molecule has 0 aliphatic heterocycles. The van der Waals surface area contributed by atoms with E-state index < -0.39 is 17.9 Å². The van der Waals surface area contributed by atoms with E-state index in [4.69, 9.17) is 17.0 Å². The third-order valence-electron chi connectivity index (χ3n) is 4.37. The smallest absolute Gasteiger partial charge is 0.271 e. The summed E-state index contributed by atoms with van der Waals surface area (Å²) in [6, 6.07) is 1.30. The van der Waals surface area contributed by atoms with Crippen LogP contribution in [0.4, 0.5) is 15.8 Å². The maximum Gasteiger partial charge on any atom is 0.271 e. The molecule has 1 amide bonds. The van der Waals surface area contributed by atoms with Crippen LogP contribution in [0.15, 0.2) is 12.3 Å². The first-order chi connectivity index (χ1) is 15.6. The minimum Gasteiger partial charge on any atom is -0.492 e. The zero-order valence-corrected chi connectivity index (χ0v) is 20.2. The number of aryl methyl sites for hydroxylation is 1. The normalized spacial score (nSPS) is 12.8. The number of hydrogen-bond donors (Lipinski definition) is 7. The summed E-state index contributed by atoms with van der Waals surface area (Å²) >= 11 is 7.87. The van der Waals surface area contributed by atoms with E-state index in [1.54, 1.807) is 20.8 Å². The minimum atomic E-state index is -0.621. The van der Waals surface area contributed by atoms with Crippen LogP contribution in [0, 0.1) is 12.3 Å². The SMILES string of the molecule is Cc1nccc(Cl)c1NC(=O)c1sc(Nc2snc(O)c2C(=N)NC(C)CC(C)O)nc1O. The predicted molar refractivity (Wildman–Crippen MR) is 129 cm³/mol. The Balaban J connectivity index is 1.78. The van der Waals surface area contributed by atoms with E-state index >= 15 is 0 Å². The summed E-state index contributed by atoms with van der Waals surface area (Å²) in [6.07, 6.45) is 1.36. The highest BCUT2D eigenvalue weighted by Gasteiger charge is 2.24. The number of hydrogen-bond acceptors (Lipinski definition) is 11. The molecule has 11 nitrogen and oxygen atoms in total. The molecule has 7 N–H and O–H groups in total. The average molecular weight is 512 g/mol. The van der Waals surface area contributed by atoms with Gasteiger partial charge in [0.25, 0.3) is 5.91 Å². The van der Waals surface area contributed by atoms with E-state index in [9.17, 15) is 20.1 Å². The van der Waals surface area contributed by atoms with Gasteiger partial charge in [-0.15, -0.1) is 0 Å². The number of nitrogens with one attached hydrogen (secondary N) is 4. The fraction of sp³-hybridized carbons (Fsp3) is 0.316. The fourth-order valence-corrected chi connectivity index (χ4v) is 4.71. The quantitative estimate of drug-likeness (QED) is 0.176. The molecular weight excluding hydrogens is 490 g/mol. The molecule has 0 saturated carbocycles. The van der Waals surface area contributed by atoms with Crippen molar-refractivity contribution in [2.45, 2.75) is 39.3 Å². The van der Waals surface area contributed by atoms with Crippen molar-refractivity contribution in [3.63, 3.8) is 0 Å². The molecule has 3 heterocycles. The van der Waals surface area contributed by atoms with Crippen molar-refractivity contribution in [3.8, 4) is 11.8 Å². The van der Waals surface area contributed by atoms with Gasteiger partial charge >= 0.3 is 0 Å². The molecule has 0 aromatic carbocycles. The molecule has 33 heavy (non-hydrogen) atoms. The Hall–Kier alpha value is -3.00. The number of amidine groups is 1. The van der Waals surface area contributed by atoms with E-state index in [0.29, 0.717) is 27.8 Å². The van der Waals surface area contributed by atoms with E-state index in [1.165, 1.54) is 12.3 Å². The van der Waals surface area contributed by atoms with Crippen LogP contribution in [0.2, 0.25) is 5.02 Å². The highest BCUT2D eigenvalue weighted by Crippen LogP contribution is 2.36. The molecular formula is C19H22ClN7O4S2. The lowest BCUT2D eigenvalue weighted by Gasteiger charge is -2.17. The molecule has 0 aliphatic rings. The number of amides is 1. The van der Waals surface area contributed by atoms with Gasteiger partial charge in [-0.3, -0.25) is 15.2 Å². The molecule has 3 aromatic heterocycles. The first kappa shape index (κ1) is 24.6. The lowest BCUT2D eigenvalue weighted by molar-refractivity contribution is 0.102. The van der Waals surface area contributed by atoms with Crippen LogP contribution in [0.25, 0.3) is 0 Å². The van der Waals surface area contributed by atoms with E-state index in [2.05, 4.69) is 30.3 Å². The zero-order chi connectivity index (χ0) is 24.3. The van der Waals surface area contributed by atoms with Gasteiger partial charge in [-0.1, -0.05) is 22.9 Å². The molecule has 2 unspecified atom stereocenters. The Morgan fingerprint density at radius 2 is 2.03 bits per heavy atom. The molecule has 0 aliphatic carbocycles. The van der Waals surface area contributed by atoms with Crippen LogP contribution in [0.3, 0.4) is 0 Å². The molecule has 3 rings (SSSR count). The van der Waals surface area contributed by atoms with Crippen LogP contribution in [0.5, 0.6) is 11.8 Å². The van der Waals surface area contributed by atoms with Crippen molar-refractivity contribution in [1.82, 2.24) is 19.7 Å². The number of anilines is 3. The van der Waals surface area contributed by atoms with Crippen LogP contribution >= 0.6 is 34.5 Å². The summed E-state index contributed by atoms with van der Waals surface area (Å²) < 4.78 is 3.86. The average Bonchev–Trinajstić information content (AvgIpc) is 3.26. The molecule has 2 atom stereocenters. The number of aromatic nitrogens is 3. The Labute approximate surface area is 202 Å². The number of carbonyl (C=O) groups is 1. The maximum absolute atomic E-state index is 12.7. The molecule has 0 fully saturated rings. The van der Waals surface area contributed by atoms with Gasteiger partial charge in [0.2, 0.25) is 11.8 Å². The number of rotatable bonds is 8. The maximum atomic E-state index is 12.7. The van der Waals surface area contributed by atoms with Crippen molar-refractivity contribution in [2.24, 2.45) is 0 Å². The number of aliphatic hydroxyl groups is 1. The molecule has 176 valence electrons. The molecule has 0 spiro atoms. The van der Waals surface area contributed by atoms with Crippen molar-refractivity contribution < 1.29 is 20.1 Å². The van der Waals surface area contributed by atoms with Gasteiger partial charge in [-0.25, -0.2) is 0 Å². The van der Waals surface area contributed by atoms with Gasteiger partial charge in [0, 0.05) is 12.2 Å². The third kappa shape index (κ3) is 5.87. The number of aromatic hydroxyl groups is 2. The van der Waals surface area contributed by atoms with E-state index in [-0.39, 0.29) is 33.3 Å². The molecule has 14 heteroatoms. The predicted octanol–water partition coefficient (Wildman–Crippen LogP) is 3.44. The zero-order valence-electron chi connectivity index (χ0n) is 17.8. The van der Waals surface area contributed by atoms with Crippen LogP contribution in [-0.2, 0) is 0 Å².